The van der Waals surface area contributed by atoms with Crippen LogP contribution in [0.5, 0.6) is 0 Å². The van der Waals surface area contributed by atoms with E-state index >= 15 is 0 Å². The number of unbranched alkanes of at least 4 members (excludes halogenated alkanes) is 9. The number of amides is 1. The van der Waals surface area contributed by atoms with E-state index in [1.807, 2.05) is 0 Å². The summed E-state index contributed by atoms with van der Waals surface area (Å²) in [6.45, 7) is 4.17. The van der Waals surface area contributed by atoms with E-state index in [2.05, 4.69) is 12.2 Å². The molecule has 106 valence electrons. The highest BCUT2D eigenvalue weighted by atomic mass is 16.2. The predicted octanol–water partition coefficient (Wildman–Crippen LogP) is 3.61. The van der Waals surface area contributed by atoms with E-state index in [-0.39, 0.29) is 0 Å². The van der Waals surface area contributed by atoms with Crippen molar-refractivity contribution in [3.8, 4) is 0 Å². The molecule has 0 aliphatic rings. The summed E-state index contributed by atoms with van der Waals surface area (Å²) in [4.78, 5) is 21.6. The number of carbonyl (C=O) groups is 2. The molecule has 0 saturated heterocycles. The molecule has 0 heterocycles. The fourth-order valence-electron chi connectivity index (χ4n) is 1.94. The van der Waals surface area contributed by atoms with Crippen LogP contribution in [0.1, 0.15) is 78.1 Å². The van der Waals surface area contributed by atoms with Gasteiger partial charge in [0.25, 0.3) is 5.91 Å². The zero-order valence-corrected chi connectivity index (χ0v) is 12.1. The maximum Gasteiger partial charge on any atom is 0.287 e. The first-order chi connectivity index (χ1) is 8.68. The van der Waals surface area contributed by atoms with Crippen LogP contribution in [-0.2, 0) is 9.59 Å². The molecule has 0 aliphatic heterocycles. The predicted molar refractivity (Wildman–Crippen MR) is 75.5 cm³/mol. The van der Waals surface area contributed by atoms with Crippen molar-refractivity contribution >= 4 is 11.7 Å². The summed E-state index contributed by atoms with van der Waals surface area (Å²) >= 11 is 0. The Hall–Kier alpha value is -0.860. The normalized spacial score (nSPS) is 10.3. The average Bonchev–Trinajstić information content (AvgIpc) is 2.35. The molecular formula is C15H29NO2. The summed E-state index contributed by atoms with van der Waals surface area (Å²) in [6.07, 6.45) is 12.8. The highest BCUT2D eigenvalue weighted by molar-refractivity contribution is 6.35. The Kier molecular flexibility index (Phi) is 12.0. The Morgan fingerprint density at radius 3 is 1.67 bits per heavy atom. The number of rotatable bonds is 12. The molecule has 0 spiro atoms. The molecule has 0 radical (unpaired) electrons. The molecule has 0 atom stereocenters. The molecule has 0 aromatic heterocycles. The topological polar surface area (TPSA) is 46.2 Å². The van der Waals surface area contributed by atoms with Crippen molar-refractivity contribution in [3.05, 3.63) is 0 Å². The second-order valence-corrected chi connectivity index (χ2v) is 4.99. The van der Waals surface area contributed by atoms with E-state index in [0.717, 1.165) is 12.8 Å². The zero-order valence-electron chi connectivity index (χ0n) is 12.1. The van der Waals surface area contributed by atoms with Crippen molar-refractivity contribution in [1.82, 2.24) is 5.32 Å². The first-order valence-corrected chi connectivity index (χ1v) is 7.47. The Morgan fingerprint density at radius 2 is 1.22 bits per heavy atom. The number of carbonyl (C=O) groups excluding carboxylic acids is 2. The van der Waals surface area contributed by atoms with E-state index < -0.39 is 11.7 Å². The lowest BCUT2D eigenvalue weighted by Gasteiger charge is -2.03. The van der Waals surface area contributed by atoms with E-state index in [9.17, 15) is 9.59 Å². The lowest BCUT2D eigenvalue weighted by molar-refractivity contribution is -0.136. The second kappa shape index (κ2) is 12.6. The third kappa shape index (κ3) is 11.6. The molecule has 3 heteroatoms. The smallest absolute Gasteiger partial charge is 0.287 e. The number of nitrogens with one attached hydrogen (secondary N) is 1. The minimum atomic E-state index is -0.453. The Morgan fingerprint density at radius 1 is 0.778 bits per heavy atom. The fourth-order valence-corrected chi connectivity index (χ4v) is 1.94. The largest absolute Gasteiger partial charge is 0.350 e. The SMILES string of the molecule is CCCCCCCCCCCCNC(=O)C(C)=O. The Balaban J connectivity index is 3.07. The summed E-state index contributed by atoms with van der Waals surface area (Å²) in [7, 11) is 0. The van der Waals surface area contributed by atoms with Crippen molar-refractivity contribution in [2.45, 2.75) is 78.1 Å². The molecule has 0 bridgehead atoms. The van der Waals surface area contributed by atoms with Gasteiger partial charge in [-0.15, -0.1) is 0 Å². The van der Waals surface area contributed by atoms with Crippen LogP contribution < -0.4 is 5.32 Å². The van der Waals surface area contributed by atoms with Crippen molar-refractivity contribution in [3.63, 3.8) is 0 Å². The minimum absolute atomic E-state index is 0.401. The number of ketones is 1. The van der Waals surface area contributed by atoms with Gasteiger partial charge in [0.05, 0.1) is 0 Å². The number of hydrogen-bond acceptors (Lipinski definition) is 2. The number of hydrogen-bond donors (Lipinski definition) is 1. The van der Waals surface area contributed by atoms with Gasteiger partial charge in [-0.3, -0.25) is 9.59 Å². The third-order valence-corrected chi connectivity index (χ3v) is 3.14. The van der Waals surface area contributed by atoms with Crippen molar-refractivity contribution in [1.29, 1.82) is 0 Å². The summed E-state index contributed by atoms with van der Waals surface area (Å²) < 4.78 is 0. The molecule has 0 aromatic carbocycles. The molecule has 0 aliphatic carbocycles. The van der Waals surface area contributed by atoms with E-state index in [1.54, 1.807) is 0 Å². The van der Waals surface area contributed by atoms with Crippen LogP contribution in [0.2, 0.25) is 0 Å². The molecule has 1 N–H and O–H groups in total. The zero-order chi connectivity index (χ0) is 13.6. The van der Waals surface area contributed by atoms with E-state index in [0.29, 0.717) is 6.54 Å². The Bertz CT molecular complexity index is 227. The van der Waals surface area contributed by atoms with E-state index in [4.69, 9.17) is 0 Å². The molecule has 0 rings (SSSR count). The molecule has 18 heavy (non-hydrogen) atoms. The highest BCUT2D eigenvalue weighted by Crippen LogP contribution is 2.10. The van der Waals surface area contributed by atoms with Crippen molar-refractivity contribution in [2.75, 3.05) is 6.54 Å². The first kappa shape index (κ1) is 17.1. The third-order valence-electron chi connectivity index (χ3n) is 3.14. The van der Waals surface area contributed by atoms with Gasteiger partial charge in [0.2, 0.25) is 5.78 Å². The van der Waals surface area contributed by atoms with Gasteiger partial charge >= 0.3 is 0 Å². The minimum Gasteiger partial charge on any atom is -0.350 e. The van der Waals surface area contributed by atoms with Gasteiger partial charge in [-0.25, -0.2) is 0 Å². The highest BCUT2D eigenvalue weighted by Gasteiger charge is 2.04. The first-order valence-electron chi connectivity index (χ1n) is 7.47. The molecule has 0 fully saturated rings. The maximum absolute atomic E-state index is 10.9. The van der Waals surface area contributed by atoms with Crippen LogP contribution in [0, 0.1) is 0 Å². The van der Waals surface area contributed by atoms with Gasteiger partial charge in [0.15, 0.2) is 0 Å². The standard InChI is InChI=1S/C15H29NO2/c1-3-4-5-6-7-8-9-10-11-12-13-16-15(18)14(2)17/h3-13H2,1-2H3,(H,16,18). The lowest BCUT2D eigenvalue weighted by atomic mass is 10.1. The molecule has 0 aromatic rings. The van der Waals surface area contributed by atoms with Crippen LogP contribution in [0.4, 0.5) is 0 Å². The van der Waals surface area contributed by atoms with Crippen LogP contribution in [0.15, 0.2) is 0 Å². The van der Waals surface area contributed by atoms with Crippen molar-refractivity contribution in [2.24, 2.45) is 0 Å². The lowest BCUT2D eigenvalue weighted by Crippen LogP contribution is -2.29. The fraction of sp³-hybridized carbons (Fsp3) is 0.867. The van der Waals surface area contributed by atoms with Gasteiger partial charge < -0.3 is 5.32 Å². The quantitative estimate of drug-likeness (QED) is 0.428. The molecule has 3 nitrogen and oxygen atoms in total. The van der Waals surface area contributed by atoms with Gasteiger partial charge in [-0.05, 0) is 6.42 Å². The summed E-state index contributed by atoms with van der Waals surface area (Å²) in [5.74, 6) is -0.854. The van der Waals surface area contributed by atoms with E-state index in [1.165, 1.54) is 58.3 Å². The summed E-state index contributed by atoms with van der Waals surface area (Å²) in [6, 6.07) is 0. The molecule has 0 unspecified atom stereocenters. The van der Waals surface area contributed by atoms with Crippen molar-refractivity contribution < 1.29 is 9.59 Å². The molecule has 1 amide bonds. The van der Waals surface area contributed by atoms with Gasteiger partial charge in [-0.1, -0.05) is 64.7 Å². The van der Waals surface area contributed by atoms with Crippen LogP contribution in [0.3, 0.4) is 0 Å². The summed E-state index contributed by atoms with van der Waals surface area (Å²) in [5.41, 5.74) is 0. The maximum atomic E-state index is 10.9. The Labute approximate surface area is 112 Å². The summed E-state index contributed by atoms with van der Waals surface area (Å²) in [5, 5.41) is 2.62. The van der Waals surface area contributed by atoms with Crippen LogP contribution in [0.25, 0.3) is 0 Å². The monoisotopic (exact) mass is 255 g/mol. The molecular weight excluding hydrogens is 226 g/mol. The van der Waals surface area contributed by atoms with Gasteiger partial charge in [0, 0.05) is 13.5 Å². The van der Waals surface area contributed by atoms with Gasteiger partial charge in [-0.2, -0.15) is 0 Å². The number of Topliss-reactive ketones (excluding diaryl/α,β-unsaturated/α-hetero) is 1. The average molecular weight is 255 g/mol. The second-order valence-electron chi connectivity index (χ2n) is 4.99. The van der Waals surface area contributed by atoms with Gasteiger partial charge in [0.1, 0.15) is 0 Å². The van der Waals surface area contributed by atoms with Crippen LogP contribution >= 0.6 is 0 Å². The van der Waals surface area contributed by atoms with Crippen LogP contribution in [-0.4, -0.2) is 18.2 Å². The molecule has 0 saturated carbocycles.